The molecule has 3 N–H and O–H groups in total. The number of ether oxygens (including phenoxy) is 2. The molecular weight excluding hydrogens is 420 g/mol. The van der Waals surface area contributed by atoms with Crippen molar-refractivity contribution in [1.29, 1.82) is 0 Å². The van der Waals surface area contributed by atoms with Crippen molar-refractivity contribution < 1.29 is 38.1 Å². The molecular formula is C19H17F2N3O7. The van der Waals surface area contributed by atoms with Crippen LogP contribution in [0.4, 0.5) is 14.6 Å². The molecule has 164 valence electrons. The van der Waals surface area contributed by atoms with Crippen molar-refractivity contribution in [2.45, 2.75) is 24.4 Å². The number of benzene rings is 1. The van der Waals surface area contributed by atoms with E-state index in [-0.39, 0.29) is 16.9 Å². The molecule has 1 amide bonds. The maximum Gasteiger partial charge on any atom is 0.351 e. The molecule has 3 atom stereocenters. The number of aromatic nitrogens is 2. The zero-order valence-electron chi connectivity index (χ0n) is 15.8. The highest BCUT2D eigenvalue weighted by atomic mass is 19.3. The topological polar surface area (TPSA) is 140 Å². The number of anilines is 1. The molecule has 2 heterocycles. The summed E-state index contributed by atoms with van der Waals surface area (Å²) in [6, 6.07) is 6.73. The molecule has 0 saturated carbocycles. The zero-order valence-corrected chi connectivity index (χ0v) is 15.8. The number of aliphatic hydroxyl groups is 2. The van der Waals surface area contributed by atoms with Crippen LogP contribution in [0.2, 0.25) is 0 Å². The van der Waals surface area contributed by atoms with Gasteiger partial charge in [0, 0.05) is 6.20 Å². The molecule has 31 heavy (non-hydrogen) atoms. The number of esters is 1. The smallest absolute Gasteiger partial charge is 0.351 e. The number of nitrogens with zero attached hydrogens (tertiary/aromatic N) is 2. The molecule has 2 aromatic rings. The van der Waals surface area contributed by atoms with Gasteiger partial charge in [0.1, 0.15) is 11.9 Å². The molecule has 1 saturated heterocycles. The normalized spacial score (nSPS) is 22.0. The number of halogens is 2. The zero-order chi connectivity index (χ0) is 22.8. The van der Waals surface area contributed by atoms with Gasteiger partial charge in [-0.1, -0.05) is 18.7 Å². The number of hydrogen-bond acceptors (Lipinski definition) is 8. The largest absolute Gasteiger partial charge is 0.432 e. The van der Waals surface area contributed by atoms with Gasteiger partial charge in [0.2, 0.25) is 6.23 Å². The molecule has 0 unspecified atom stereocenters. The number of rotatable bonds is 6. The highest BCUT2D eigenvalue weighted by Crippen LogP contribution is 2.41. The second kappa shape index (κ2) is 8.71. The van der Waals surface area contributed by atoms with Gasteiger partial charge in [0.05, 0.1) is 24.0 Å². The fourth-order valence-electron chi connectivity index (χ4n) is 2.96. The first kappa shape index (κ1) is 22.2. The van der Waals surface area contributed by atoms with Gasteiger partial charge < -0.3 is 25.0 Å². The van der Waals surface area contributed by atoms with E-state index in [9.17, 15) is 28.3 Å². The standard InChI is InChI=1S/C19H17F2N3O7/c1-2-30-16(28)11-6-4-3-5-10(11)15(27)22-13-7-8-24(18(29)23-13)17-19(20,21)14(26)12(9-25)31-17/h2-8,12,14,17,25-26H,1,9H2,(H,22,23,27,29)/t12-,14-,17-/m1/s1. The quantitative estimate of drug-likeness (QED) is 0.443. The maximum atomic E-state index is 14.2. The summed E-state index contributed by atoms with van der Waals surface area (Å²) in [6.07, 6.45) is -4.30. The number of aliphatic hydroxyl groups excluding tert-OH is 2. The van der Waals surface area contributed by atoms with Crippen molar-refractivity contribution >= 4 is 17.7 Å². The molecule has 1 aliphatic heterocycles. The Balaban J connectivity index is 1.84. The van der Waals surface area contributed by atoms with E-state index in [2.05, 4.69) is 21.6 Å². The Kier molecular flexibility index (Phi) is 6.24. The molecule has 12 heteroatoms. The maximum absolute atomic E-state index is 14.2. The highest BCUT2D eigenvalue weighted by Gasteiger charge is 2.59. The summed E-state index contributed by atoms with van der Waals surface area (Å²) in [6.45, 7) is 2.38. The van der Waals surface area contributed by atoms with E-state index in [1.54, 1.807) is 0 Å². The van der Waals surface area contributed by atoms with Gasteiger partial charge in [-0.2, -0.15) is 13.8 Å². The van der Waals surface area contributed by atoms with Gasteiger partial charge in [0.15, 0.2) is 6.10 Å². The molecule has 1 aromatic heterocycles. The predicted molar refractivity (Wildman–Crippen MR) is 100 cm³/mol. The number of hydrogen-bond donors (Lipinski definition) is 3. The predicted octanol–water partition coefficient (Wildman–Crippen LogP) is 0.682. The van der Waals surface area contributed by atoms with Gasteiger partial charge in [-0.3, -0.25) is 9.36 Å². The third-order valence-corrected chi connectivity index (χ3v) is 4.47. The van der Waals surface area contributed by atoms with Crippen LogP contribution in [0.15, 0.2) is 54.2 Å². The number of nitrogens with one attached hydrogen (secondary N) is 1. The lowest BCUT2D eigenvalue weighted by molar-refractivity contribution is -0.140. The Bertz CT molecular complexity index is 1070. The minimum Gasteiger partial charge on any atom is -0.432 e. The number of carbonyl (C=O) groups excluding carboxylic acids is 2. The lowest BCUT2D eigenvalue weighted by Gasteiger charge is -2.21. The Morgan fingerprint density at radius 2 is 2.00 bits per heavy atom. The highest BCUT2D eigenvalue weighted by molar-refractivity contribution is 6.10. The molecule has 0 aliphatic carbocycles. The van der Waals surface area contributed by atoms with Crippen molar-refractivity contribution in [3.8, 4) is 0 Å². The summed E-state index contributed by atoms with van der Waals surface area (Å²) in [4.78, 5) is 40.2. The van der Waals surface area contributed by atoms with Crippen LogP contribution in [-0.4, -0.2) is 56.4 Å². The molecule has 10 nitrogen and oxygen atoms in total. The van der Waals surface area contributed by atoms with Crippen molar-refractivity contribution in [2.75, 3.05) is 11.9 Å². The molecule has 1 fully saturated rings. The monoisotopic (exact) mass is 437 g/mol. The molecule has 1 aromatic carbocycles. The first-order chi connectivity index (χ1) is 14.7. The SMILES string of the molecule is C=COC(=O)c1ccccc1C(=O)Nc1ccn([C@@H]2O[C@H](CO)[C@@H](O)C2(F)F)c(=O)n1. The average molecular weight is 437 g/mol. The number of amides is 1. The molecule has 3 rings (SSSR count). The summed E-state index contributed by atoms with van der Waals surface area (Å²) < 4.78 is 38.4. The summed E-state index contributed by atoms with van der Waals surface area (Å²) in [5, 5.41) is 20.9. The van der Waals surface area contributed by atoms with Crippen LogP contribution in [-0.2, 0) is 9.47 Å². The van der Waals surface area contributed by atoms with Crippen molar-refractivity contribution in [1.82, 2.24) is 9.55 Å². The van der Waals surface area contributed by atoms with E-state index in [1.807, 2.05) is 0 Å². The first-order valence-electron chi connectivity index (χ1n) is 8.84. The van der Waals surface area contributed by atoms with Crippen molar-refractivity contribution in [3.05, 3.63) is 71.0 Å². The van der Waals surface area contributed by atoms with E-state index in [0.29, 0.717) is 4.57 Å². The van der Waals surface area contributed by atoms with E-state index in [1.165, 1.54) is 24.3 Å². The Morgan fingerprint density at radius 1 is 1.32 bits per heavy atom. The fraction of sp³-hybridized carbons (Fsp3) is 0.263. The van der Waals surface area contributed by atoms with Crippen LogP contribution in [0.25, 0.3) is 0 Å². The second-order valence-electron chi connectivity index (χ2n) is 6.40. The van der Waals surface area contributed by atoms with Gasteiger partial charge in [-0.25, -0.2) is 9.59 Å². The summed E-state index contributed by atoms with van der Waals surface area (Å²) in [5.74, 6) is -5.78. The second-order valence-corrected chi connectivity index (χ2v) is 6.40. The lowest BCUT2D eigenvalue weighted by Crippen LogP contribution is -2.41. The Morgan fingerprint density at radius 3 is 2.58 bits per heavy atom. The third-order valence-electron chi connectivity index (χ3n) is 4.47. The molecule has 0 radical (unpaired) electrons. The summed E-state index contributed by atoms with van der Waals surface area (Å²) in [5.41, 5.74) is -1.36. The Hall–Kier alpha value is -3.48. The third kappa shape index (κ3) is 4.21. The summed E-state index contributed by atoms with van der Waals surface area (Å²) >= 11 is 0. The van der Waals surface area contributed by atoms with Crippen LogP contribution >= 0.6 is 0 Å². The molecule has 0 spiro atoms. The molecule has 1 aliphatic rings. The van der Waals surface area contributed by atoms with Crippen molar-refractivity contribution in [2.24, 2.45) is 0 Å². The van der Waals surface area contributed by atoms with Gasteiger partial charge in [-0.05, 0) is 18.2 Å². The number of carbonyl (C=O) groups is 2. The fourth-order valence-corrected chi connectivity index (χ4v) is 2.96. The number of alkyl halides is 2. The molecule has 0 bridgehead atoms. The average Bonchev–Trinajstić information content (AvgIpc) is 2.97. The first-order valence-corrected chi connectivity index (χ1v) is 8.84. The van der Waals surface area contributed by atoms with E-state index < -0.39 is 48.5 Å². The van der Waals surface area contributed by atoms with Gasteiger partial charge in [-0.15, -0.1) is 0 Å². The van der Waals surface area contributed by atoms with E-state index >= 15 is 0 Å². The lowest BCUT2D eigenvalue weighted by atomic mass is 10.1. The van der Waals surface area contributed by atoms with Crippen LogP contribution < -0.4 is 11.0 Å². The van der Waals surface area contributed by atoms with Gasteiger partial charge >= 0.3 is 17.6 Å². The van der Waals surface area contributed by atoms with Gasteiger partial charge in [0.25, 0.3) is 5.91 Å². The van der Waals surface area contributed by atoms with Crippen LogP contribution in [0, 0.1) is 0 Å². The van der Waals surface area contributed by atoms with Crippen LogP contribution in [0.3, 0.4) is 0 Å². The van der Waals surface area contributed by atoms with Crippen LogP contribution in [0.1, 0.15) is 26.9 Å². The Labute approximate surface area is 173 Å². The van der Waals surface area contributed by atoms with E-state index in [4.69, 9.17) is 9.84 Å². The van der Waals surface area contributed by atoms with Crippen LogP contribution in [0.5, 0.6) is 0 Å². The van der Waals surface area contributed by atoms with E-state index in [0.717, 1.165) is 18.5 Å². The van der Waals surface area contributed by atoms with Crippen molar-refractivity contribution in [3.63, 3.8) is 0 Å². The minimum atomic E-state index is -3.87. The minimum absolute atomic E-state index is 0.0729. The summed E-state index contributed by atoms with van der Waals surface area (Å²) in [7, 11) is 0.